The Kier molecular flexibility index (Phi) is 4.27. The zero-order chi connectivity index (χ0) is 16.3. The lowest BCUT2D eigenvalue weighted by Gasteiger charge is -2.08. The van der Waals surface area contributed by atoms with Gasteiger partial charge in [0.15, 0.2) is 11.6 Å². The Bertz CT molecular complexity index is 821. The van der Waals surface area contributed by atoms with Gasteiger partial charge in [0.2, 0.25) is 5.75 Å². The van der Waals surface area contributed by atoms with Crippen molar-refractivity contribution < 1.29 is 26.7 Å². The fraction of sp³-hybridized carbons (Fsp3) is 0.0769. The van der Waals surface area contributed by atoms with E-state index in [2.05, 4.69) is 4.74 Å². The molecule has 0 aromatic heterocycles. The number of halogens is 1. The second-order valence-corrected chi connectivity index (χ2v) is 5.60. The van der Waals surface area contributed by atoms with Crippen LogP contribution in [0.3, 0.4) is 0 Å². The summed E-state index contributed by atoms with van der Waals surface area (Å²) in [6, 6.07) is 7.88. The van der Waals surface area contributed by atoms with Gasteiger partial charge in [0.05, 0.1) is 12.0 Å². The van der Waals surface area contributed by atoms with Gasteiger partial charge in [-0.3, -0.25) is 10.1 Å². The van der Waals surface area contributed by atoms with Crippen LogP contribution in [0.5, 0.6) is 11.5 Å². The molecule has 0 saturated carbocycles. The first-order chi connectivity index (χ1) is 10.3. The third-order valence-corrected chi connectivity index (χ3v) is 3.90. The number of hydrogen-bond donors (Lipinski definition) is 0. The maximum atomic E-state index is 13.6. The Labute approximate surface area is 125 Å². The molecule has 116 valence electrons. The fourth-order valence-corrected chi connectivity index (χ4v) is 2.60. The topological polar surface area (TPSA) is 95.7 Å². The van der Waals surface area contributed by atoms with Gasteiger partial charge in [0.25, 0.3) is 0 Å². The lowest BCUT2D eigenvalue weighted by atomic mass is 10.3. The third-order valence-electron chi connectivity index (χ3n) is 2.67. The first-order valence-corrected chi connectivity index (χ1v) is 7.27. The van der Waals surface area contributed by atoms with E-state index in [1.54, 1.807) is 0 Å². The molecule has 2 aromatic rings. The Hall–Kier alpha value is -2.68. The summed E-state index contributed by atoms with van der Waals surface area (Å²) >= 11 is 0. The molecule has 0 radical (unpaired) electrons. The summed E-state index contributed by atoms with van der Waals surface area (Å²) in [5.41, 5.74) is -0.514. The van der Waals surface area contributed by atoms with Crippen LogP contribution < -0.4 is 8.92 Å². The lowest BCUT2D eigenvalue weighted by Crippen LogP contribution is -2.11. The average Bonchev–Trinajstić information content (AvgIpc) is 2.47. The summed E-state index contributed by atoms with van der Waals surface area (Å²) in [5.74, 6) is -1.48. The lowest BCUT2D eigenvalue weighted by molar-refractivity contribution is -0.385. The van der Waals surface area contributed by atoms with E-state index >= 15 is 0 Å². The molecular weight excluding hydrogens is 317 g/mol. The van der Waals surface area contributed by atoms with Crippen LogP contribution in [0.25, 0.3) is 0 Å². The van der Waals surface area contributed by atoms with Crippen molar-refractivity contribution in [3.63, 3.8) is 0 Å². The zero-order valence-electron chi connectivity index (χ0n) is 11.2. The summed E-state index contributed by atoms with van der Waals surface area (Å²) in [5, 5.41) is 10.8. The Balaban J connectivity index is 2.40. The van der Waals surface area contributed by atoms with Gasteiger partial charge in [0, 0.05) is 6.07 Å². The van der Waals surface area contributed by atoms with Crippen molar-refractivity contribution in [3.8, 4) is 11.5 Å². The number of ether oxygens (including phenoxy) is 1. The normalized spacial score (nSPS) is 11.0. The van der Waals surface area contributed by atoms with Gasteiger partial charge in [-0.1, -0.05) is 12.1 Å². The predicted octanol–water partition coefficient (Wildman–Crippen LogP) is 2.51. The molecule has 0 N–H and O–H groups in total. The summed E-state index contributed by atoms with van der Waals surface area (Å²) in [6.45, 7) is 0. The highest BCUT2D eigenvalue weighted by molar-refractivity contribution is 7.87. The summed E-state index contributed by atoms with van der Waals surface area (Å²) in [7, 11) is -3.18. The fourth-order valence-electron chi connectivity index (χ4n) is 1.65. The number of hydrogen-bond acceptors (Lipinski definition) is 6. The van der Waals surface area contributed by atoms with Gasteiger partial charge in [-0.25, -0.2) is 4.39 Å². The molecule has 0 saturated heterocycles. The van der Waals surface area contributed by atoms with Crippen LogP contribution in [0.2, 0.25) is 0 Å². The van der Waals surface area contributed by atoms with Crippen LogP contribution in [0.4, 0.5) is 10.1 Å². The van der Waals surface area contributed by atoms with E-state index in [4.69, 9.17) is 4.18 Å². The van der Waals surface area contributed by atoms with Crippen molar-refractivity contribution in [2.45, 2.75) is 4.90 Å². The van der Waals surface area contributed by atoms with Crippen LogP contribution in [0.1, 0.15) is 0 Å². The van der Waals surface area contributed by atoms with Crippen molar-refractivity contribution in [1.82, 2.24) is 0 Å². The Morgan fingerprint density at radius 1 is 1.14 bits per heavy atom. The third kappa shape index (κ3) is 3.14. The highest BCUT2D eigenvalue weighted by atomic mass is 32.2. The highest BCUT2D eigenvalue weighted by Crippen LogP contribution is 2.30. The maximum Gasteiger partial charge on any atom is 0.339 e. The minimum atomic E-state index is -4.42. The average molecular weight is 327 g/mol. The highest BCUT2D eigenvalue weighted by Gasteiger charge is 2.23. The van der Waals surface area contributed by atoms with Crippen LogP contribution in [0.15, 0.2) is 47.4 Å². The molecule has 9 heteroatoms. The molecule has 0 bridgehead atoms. The summed E-state index contributed by atoms with van der Waals surface area (Å²) in [4.78, 5) is 9.58. The summed E-state index contributed by atoms with van der Waals surface area (Å²) in [6.07, 6.45) is 0. The first-order valence-electron chi connectivity index (χ1n) is 5.86. The van der Waals surface area contributed by atoms with E-state index in [0.717, 1.165) is 24.3 Å². The van der Waals surface area contributed by atoms with Crippen LogP contribution in [-0.4, -0.2) is 20.5 Å². The minimum absolute atomic E-state index is 0.135. The number of nitro groups is 1. The predicted molar refractivity (Wildman–Crippen MR) is 73.9 cm³/mol. The molecule has 0 amide bonds. The first kappa shape index (κ1) is 15.7. The molecule has 0 spiro atoms. The standard InChI is InChI=1S/C13H10FNO6S/c1-20-12-7-6-9(8-10(12)14)22(18,19)21-13-5-3-2-4-11(13)15(16)17/h2-8H,1H3. The Morgan fingerprint density at radius 2 is 1.82 bits per heavy atom. The van der Waals surface area contributed by atoms with Crippen molar-refractivity contribution in [2.24, 2.45) is 0 Å². The van der Waals surface area contributed by atoms with Crippen LogP contribution in [0, 0.1) is 15.9 Å². The maximum absolute atomic E-state index is 13.6. The second-order valence-electron chi connectivity index (χ2n) is 4.06. The van der Waals surface area contributed by atoms with Crippen molar-refractivity contribution >= 4 is 15.8 Å². The minimum Gasteiger partial charge on any atom is -0.494 e. The van der Waals surface area contributed by atoms with E-state index < -0.39 is 37.2 Å². The van der Waals surface area contributed by atoms with Gasteiger partial charge in [-0.2, -0.15) is 8.42 Å². The molecular formula is C13H10FNO6S. The van der Waals surface area contributed by atoms with Crippen molar-refractivity contribution in [2.75, 3.05) is 7.11 Å². The van der Waals surface area contributed by atoms with E-state index in [1.807, 2.05) is 0 Å². The number of rotatable bonds is 5. The second kappa shape index (κ2) is 5.98. The van der Waals surface area contributed by atoms with Crippen LogP contribution in [-0.2, 0) is 10.1 Å². The number of methoxy groups -OCH3 is 1. The molecule has 0 fully saturated rings. The molecule has 0 heterocycles. The van der Waals surface area contributed by atoms with E-state index in [0.29, 0.717) is 6.07 Å². The Morgan fingerprint density at radius 3 is 2.41 bits per heavy atom. The van der Waals surface area contributed by atoms with Gasteiger partial charge < -0.3 is 8.92 Å². The quantitative estimate of drug-likeness (QED) is 0.475. The summed E-state index contributed by atoms with van der Waals surface area (Å²) < 4.78 is 47.1. The molecule has 7 nitrogen and oxygen atoms in total. The largest absolute Gasteiger partial charge is 0.494 e. The van der Waals surface area contributed by atoms with Crippen molar-refractivity contribution in [1.29, 1.82) is 0 Å². The van der Waals surface area contributed by atoms with E-state index in [1.165, 1.54) is 19.2 Å². The number of nitro benzene ring substituents is 1. The van der Waals surface area contributed by atoms with Gasteiger partial charge in [0.1, 0.15) is 4.90 Å². The zero-order valence-corrected chi connectivity index (χ0v) is 12.0. The smallest absolute Gasteiger partial charge is 0.339 e. The monoisotopic (exact) mass is 327 g/mol. The number of benzene rings is 2. The number of para-hydroxylation sites is 2. The van der Waals surface area contributed by atoms with Gasteiger partial charge in [-0.15, -0.1) is 0 Å². The van der Waals surface area contributed by atoms with Crippen LogP contribution >= 0.6 is 0 Å². The number of nitrogens with zero attached hydrogens (tertiary/aromatic N) is 1. The molecule has 0 atom stereocenters. The molecule has 0 aliphatic heterocycles. The SMILES string of the molecule is COc1ccc(S(=O)(=O)Oc2ccccc2[N+](=O)[O-])cc1F. The molecule has 2 aromatic carbocycles. The van der Waals surface area contributed by atoms with E-state index in [9.17, 15) is 22.9 Å². The van der Waals surface area contributed by atoms with Gasteiger partial charge in [-0.05, 0) is 24.3 Å². The molecule has 0 unspecified atom stereocenters. The molecule has 2 rings (SSSR count). The molecule has 0 aliphatic carbocycles. The van der Waals surface area contributed by atoms with Gasteiger partial charge >= 0.3 is 15.8 Å². The van der Waals surface area contributed by atoms with E-state index in [-0.39, 0.29) is 5.75 Å². The molecule has 0 aliphatic rings. The van der Waals surface area contributed by atoms with Crippen molar-refractivity contribution in [3.05, 3.63) is 58.4 Å². The molecule has 22 heavy (non-hydrogen) atoms.